The van der Waals surface area contributed by atoms with Crippen molar-refractivity contribution in [2.45, 2.75) is 18.9 Å². The molecule has 1 fully saturated rings. The first-order chi connectivity index (χ1) is 10.2. The van der Waals surface area contributed by atoms with Crippen LogP contribution in [0.3, 0.4) is 0 Å². The van der Waals surface area contributed by atoms with Gasteiger partial charge in [0, 0.05) is 29.6 Å². The third-order valence-corrected chi connectivity index (χ3v) is 3.87. The fourth-order valence-corrected chi connectivity index (χ4v) is 2.90. The molecule has 0 saturated carbocycles. The molecule has 1 saturated heterocycles. The highest BCUT2D eigenvalue weighted by molar-refractivity contribution is 9.10. The van der Waals surface area contributed by atoms with Gasteiger partial charge in [-0.3, -0.25) is 10.3 Å². The van der Waals surface area contributed by atoms with Gasteiger partial charge < -0.3 is 4.90 Å². The van der Waals surface area contributed by atoms with Crippen molar-refractivity contribution in [2.24, 2.45) is 0 Å². The lowest BCUT2D eigenvalue weighted by atomic mass is 10.1. The molecule has 6 nitrogen and oxygen atoms in total. The van der Waals surface area contributed by atoms with Crippen molar-refractivity contribution < 1.29 is 4.79 Å². The van der Waals surface area contributed by atoms with Crippen LogP contribution in [0.5, 0.6) is 0 Å². The van der Waals surface area contributed by atoms with E-state index < -0.39 is 0 Å². The molecule has 1 N–H and O–H groups in total. The minimum Gasteiger partial charge on any atom is -0.317 e. The smallest absolute Gasteiger partial charge is 0.317 e. The van der Waals surface area contributed by atoms with E-state index >= 15 is 0 Å². The van der Waals surface area contributed by atoms with Crippen LogP contribution < -0.4 is 5.32 Å². The van der Waals surface area contributed by atoms with Gasteiger partial charge in [0.15, 0.2) is 5.82 Å². The quantitative estimate of drug-likeness (QED) is 0.906. The van der Waals surface area contributed by atoms with Gasteiger partial charge in [-0.1, -0.05) is 0 Å². The molecular weight excluding hydrogens is 334 g/mol. The van der Waals surface area contributed by atoms with Crippen molar-refractivity contribution in [2.75, 3.05) is 11.9 Å². The number of amides is 2. The zero-order valence-corrected chi connectivity index (χ0v) is 12.8. The van der Waals surface area contributed by atoms with E-state index in [0.29, 0.717) is 5.82 Å². The van der Waals surface area contributed by atoms with E-state index in [2.05, 4.69) is 36.4 Å². The number of rotatable bonds is 2. The average Bonchev–Trinajstić information content (AvgIpc) is 2.98. The Bertz CT molecular complexity index is 636. The van der Waals surface area contributed by atoms with Gasteiger partial charge in [0.2, 0.25) is 0 Å². The summed E-state index contributed by atoms with van der Waals surface area (Å²) in [5, 5.41) is 10.4. The SMILES string of the molecule is O=C(Nc1cccnn1)N1CCCC1c1cncc(Br)c1. The first kappa shape index (κ1) is 13.9. The molecule has 7 heteroatoms. The number of hydrogen-bond donors (Lipinski definition) is 1. The lowest BCUT2D eigenvalue weighted by Gasteiger charge is -2.24. The number of pyridine rings is 1. The zero-order chi connectivity index (χ0) is 14.7. The molecule has 108 valence electrons. The summed E-state index contributed by atoms with van der Waals surface area (Å²) >= 11 is 3.42. The maximum absolute atomic E-state index is 12.4. The van der Waals surface area contributed by atoms with Crippen LogP contribution >= 0.6 is 15.9 Å². The van der Waals surface area contributed by atoms with Crippen LogP contribution in [0.15, 0.2) is 41.3 Å². The molecule has 1 aliphatic heterocycles. The van der Waals surface area contributed by atoms with Gasteiger partial charge in [-0.25, -0.2) is 4.79 Å². The maximum atomic E-state index is 12.4. The zero-order valence-electron chi connectivity index (χ0n) is 11.2. The van der Waals surface area contributed by atoms with Gasteiger partial charge in [-0.05, 0) is 52.5 Å². The summed E-state index contributed by atoms with van der Waals surface area (Å²) in [7, 11) is 0. The Labute approximate surface area is 130 Å². The van der Waals surface area contributed by atoms with E-state index in [9.17, 15) is 4.79 Å². The van der Waals surface area contributed by atoms with Crippen LogP contribution in [0.25, 0.3) is 0 Å². The molecule has 0 aliphatic carbocycles. The normalized spacial score (nSPS) is 17.8. The van der Waals surface area contributed by atoms with E-state index in [0.717, 1.165) is 29.4 Å². The number of nitrogens with one attached hydrogen (secondary N) is 1. The van der Waals surface area contributed by atoms with Crippen molar-refractivity contribution in [3.8, 4) is 0 Å². The summed E-state index contributed by atoms with van der Waals surface area (Å²) in [4.78, 5) is 18.4. The number of nitrogens with zero attached hydrogens (tertiary/aromatic N) is 4. The van der Waals surface area contributed by atoms with E-state index in [-0.39, 0.29) is 12.1 Å². The monoisotopic (exact) mass is 347 g/mol. The molecule has 3 rings (SSSR count). The van der Waals surface area contributed by atoms with Crippen LogP contribution in [0.4, 0.5) is 10.6 Å². The number of urea groups is 1. The van der Waals surface area contributed by atoms with E-state index in [1.54, 1.807) is 24.5 Å². The number of carbonyl (C=O) groups is 1. The highest BCUT2D eigenvalue weighted by atomic mass is 79.9. The van der Waals surface area contributed by atoms with Gasteiger partial charge in [-0.15, -0.1) is 5.10 Å². The third-order valence-electron chi connectivity index (χ3n) is 3.43. The Hall–Kier alpha value is -2.02. The summed E-state index contributed by atoms with van der Waals surface area (Å²) < 4.78 is 0.918. The summed E-state index contributed by atoms with van der Waals surface area (Å²) in [6, 6.07) is 5.36. The lowest BCUT2D eigenvalue weighted by molar-refractivity contribution is 0.207. The van der Waals surface area contributed by atoms with Crippen molar-refractivity contribution in [3.63, 3.8) is 0 Å². The molecule has 3 heterocycles. The molecule has 0 radical (unpaired) electrons. The fourth-order valence-electron chi connectivity index (χ4n) is 2.52. The molecular formula is C14H14BrN5O. The van der Waals surface area contributed by atoms with Crippen molar-refractivity contribution >= 4 is 27.8 Å². The van der Waals surface area contributed by atoms with E-state index in [1.165, 1.54) is 0 Å². The van der Waals surface area contributed by atoms with E-state index in [4.69, 9.17) is 0 Å². The van der Waals surface area contributed by atoms with Gasteiger partial charge in [-0.2, -0.15) is 5.10 Å². The van der Waals surface area contributed by atoms with Crippen molar-refractivity contribution in [1.29, 1.82) is 0 Å². The molecule has 0 aromatic carbocycles. The molecule has 2 amide bonds. The number of hydrogen-bond acceptors (Lipinski definition) is 4. The molecule has 1 unspecified atom stereocenters. The van der Waals surface area contributed by atoms with Gasteiger partial charge in [0.1, 0.15) is 0 Å². The second-order valence-corrected chi connectivity index (χ2v) is 5.74. The van der Waals surface area contributed by atoms with Crippen LogP contribution in [0.1, 0.15) is 24.4 Å². The van der Waals surface area contributed by atoms with Gasteiger partial charge in [0.25, 0.3) is 0 Å². The minimum atomic E-state index is -0.155. The first-order valence-corrected chi connectivity index (χ1v) is 7.49. The standard InChI is InChI=1S/C14H14BrN5O/c15-11-7-10(8-16-9-11)12-3-2-6-20(12)14(21)18-13-4-1-5-17-19-13/h1,4-5,7-9,12H,2-3,6H2,(H,18,19,21). The van der Waals surface area contributed by atoms with Crippen LogP contribution in [-0.4, -0.2) is 32.7 Å². The predicted molar refractivity (Wildman–Crippen MR) is 81.7 cm³/mol. The summed E-state index contributed by atoms with van der Waals surface area (Å²) in [5.74, 6) is 0.459. The molecule has 0 spiro atoms. The summed E-state index contributed by atoms with van der Waals surface area (Å²) in [6.45, 7) is 0.725. The first-order valence-electron chi connectivity index (χ1n) is 6.70. The highest BCUT2D eigenvalue weighted by Crippen LogP contribution is 2.32. The number of aromatic nitrogens is 3. The number of halogens is 1. The average molecular weight is 348 g/mol. The Morgan fingerprint density at radius 1 is 1.43 bits per heavy atom. The number of likely N-dealkylation sites (tertiary alicyclic amines) is 1. The molecule has 0 bridgehead atoms. The topological polar surface area (TPSA) is 71.0 Å². The molecule has 21 heavy (non-hydrogen) atoms. The Morgan fingerprint density at radius 3 is 3.10 bits per heavy atom. The molecule has 2 aromatic heterocycles. The third kappa shape index (κ3) is 3.18. The van der Waals surface area contributed by atoms with Gasteiger partial charge in [0.05, 0.1) is 6.04 Å². The Morgan fingerprint density at radius 2 is 2.33 bits per heavy atom. The number of carbonyl (C=O) groups excluding carboxylic acids is 1. The van der Waals surface area contributed by atoms with Crippen molar-refractivity contribution in [1.82, 2.24) is 20.1 Å². The molecule has 2 aromatic rings. The molecule has 1 aliphatic rings. The van der Waals surface area contributed by atoms with Crippen molar-refractivity contribution in [3.05, 3.63) is 46.8 Å². The predicted octanol–water partition coefficient (Wildman–Crippen LogP) is 3.00. The van der Waals surface area contributed by atoms with Crippen LogP contribution in [0, 0.1) is 0 Å². The minimum absolute atomic E-state index is 0.0478. The fraction of sp³-hybridized carbons (Fsp3) is 0.286. The Kier molecular flexibility index (Phi) is 4.10. The maximum Gasteiger partial charge on any atom is 0.323 e. The largest absolute Gasteiger partial charge is 0.323 e. The van der Waals surface area contributed by atoms with E-state index in [1.807, 2.05) is 17.2 Å². The van der Waals surface area contributed by atoms with Crippen LogP contribution in [0.2, 0.25) is 0 Å². The summed E-state index contributed by atoms with van der Waals surface area (Å²) in [5.41, 5.74) is 1.04. The second kappa shape index (κ2) is 6.17. The van der Waals surface area contributed by atoms with Crippen LogP contribution in [-0.2, 0) is 0 Å². The highest BCUT2D eigenvalue weighted by Gasteiger charge is 2.30. The lowest BCUT2D eigenvalue weighted by Crippen LogP contribution is -2.34. The number of anilines is 1. The molecule has 1 atom stereocenters. The second-order valence-electron chi connectivity index (χ2n) is 4.83. The van der Waals surface area contributed by atoms with Gasteiger partial charge >= 0.3 is 6.03 Å². The Balaban J connectivity index is 1.76. The summed E-state index contributed by atoms with van der Waals surface area (Å²) in [6.07, 6.45) is 7.03.